The van der Waals surface area contributed by atoms with Gasteiger partial charge in [-0.25, -0.2) is 0 Å². The number of ether oxygens (including phenoxy) is 3. The fourth-order valence-electron chi connectivity index (χ4n) is 1.73. The molecule has 0 amide bonds. The van der Waals surface area contributed by atoms with Gasteiger partial charge >= 0.3 is 0 Å². The van der Waals surface area contributed by atoms with Gasteiger partial charge < -0.3 is 14.2 Å². The van der Waals surface area contributed by atoms with E-state index >= 15 is 0 Å². The maximum absolute atomic E-state index is 12.0. The molecule has 0 aliphatic carbocycles. The summed E-state index contributed by atoms with van der Waals surface area (Å²) in [6.07, 6.45) is 0. The summed E-state index contributed by atoms with van der Waals surface area (Å²) < 4.78 is 16.7. The second-order valence-electron chi connectivity index (χ2n) is 4.27. The Labute approximate surface area is 131 Å². The number of carbonyl (C=O) groups is 1. The quantitative estimate of drug-likeness (QED) is 0.744. The molecule has 4 nitrogen and oxygen atoms in total. The van der Waals surface area contributed by atoms with Crippen LogP contribution in [0.5, 0.6) is 17.2 Å². The van der Waals surface area contributed by atoms with Crippen LogP contribution >= 0.6 is 15.9 Å². The number of ketones is 1. The van der Waals surface area contributed by atoms with Gasteiger partial charge in [-0.1, -0.05) is 28.1 Å². The van der Waals surface area contributed by atoms with Crippen molar-refractivity contribution in [3.63, 3.8) is 0 Å². The molecule has 0 radical (unpaired) electrons. The van der Waals surface area contributed by atoms with E-state index in [0.29, 0.717) is 22.8 Å². The largest absolute Gasteiger partial charge is 0.496 e. The third kappa shape index (κ3) is 4.23. The standard InChI is InChI=1S/C16H15BrO4/c1-19-13-7-14(20-2)9-15(8-13)21-10-16(18)11-3-5-12(17)6-4-11/h3-9H,10H2,1-2H3. The molecule has 5 heteroatoms. The van der Waals surface area contributed by atoms with Gasteiger partial charge in [0.15, 0.2) is 12.4 Å². The Balaban J connectivity index is 2.05. The first-order chi connectivity index (χ1) is 10.1. The Kier molecular flexibility index (Phi) is 5.22. The van der Waals surface area contributed by atoms with Crippen molar-refractivity contribution in [3.05, 3.63) is 52.5 Å². The molecule has 2 rings (SSSR count). The van der Waals surface area contributed by atoms with Crippen LogP contribution in [-0.4, -0.2) is 26.6 Å². The molecule has 2 aromatic rings. The van der Waals surface area contributed by atoms with Crippen LogP contribution in [0.2, 0.25) is 0 Å². The van der Waals surface area contributed by atoms with Crippen LogP contribution in [-0.2, 0) is 0 Å². The summed E-state index contributed by atoms with van der Waals surface area (Å²) in [5, 5.41) is 0. The minimum absolute atomic E-state index is 0.0437. The van der Waals surface area contributed by atoms with Gasteiger partial charge in [0.05, 0.1) is 14.2 Å². The average Bonchev–Trinajstić information content (AvgIpc) is 2.52. The van der Waals surface area contributed by atoms with Crippen LogP contribution in [0.1, 0.15) is 10.4 Å². The van der Waals surface area contributed by atoms with E-state index in [9.17, 15) is 4.79 Å². The van der Waals surface area contributed by atoms with Gasteiger partial charge in [-0.3, -0.25) is 4.79 Å². The topological polar surface area (TPSA) is 44.8 Å². The lowest BCUT2D eigenvalue weighted by Gasteiger charge is -2.10. The maximum atomic E-state index is 12.0. The molecule has 0 aromatic heterocycles. The van der Waals surface area contributed by atoms with Gasteiger partial charge in [-0.2, -0.15) is 0 Å². The molecule has 0 saturated carbocycles. The van der Waals surface area contributed by atoms with Gasteiger partial charge in [0.2, 0.25) is 0 Å². The average molecular weight is 351 g/mol. The van der Waals surface area contributed by atoms with E-state index in [1.165, 1.54) is 0 Å². The number of carbonyl (C=O) groups excluding carboxylic acids is 1. The zero-order valence-electron chi connectivity index (χ0n) is 11.8. The predicted molar refractivity (Wildman–Crippen MR) is 83.5 cm³/mol. The predicted octanol–water partition coefficient (Wildman–Crippen LogP) is 3.73. The highest BCUT2D eigenvalue weighted by atomic mass is 79.9. The lowest BCUT2D eigenvalue weighted by Crippen LogP contribution is -2.11. The highest BCUT2D eigenvalue weighted by Crippen LogP contribution is 2.27. The van der Waals surface area contributed by atoms with Crippen LogP contribution in [0, 0.1) is 0 Å². The fraction of sp³-hybridized carbons (Fsp3) is 0.188. The van der Waals surface area contributed by atoms with Gasteiger partial charge in [-0.15, -0.1) is 0 Å². The minimum atomic E-state index is -0.0933. The molecule has 0 saturated heterocycles. The van der Waals surface area contributed by atoms with E-state index in [1.54, 1.807) is 44.6 Å². The molecule has 0 N–H and O–H groups in total. The second kappa shape index (κ2) is 7.13. The number of benzene rings is 2. The molecule has 21 heavy (non-hydrogen) atoms. The van der Waals surface area contributed by atoms with Crippen LogP contribution in [0.4, 0.5) is 0 Å². The Morgan fingerprint density at radius 2 is 1.48 bits per heavy atom. The molecule has 0 aliphatic heterocycles. The zero-order chi connectivity index (χ0) is 15.2. The molecule has 0 fully saturated rings. The van der Waals surface area contributed by atoms with Gasteiger partial charge in [-0.05, 0) is 12.1 Å². The molecular weight excluding hydrogens is 336 g/mol. The van der Waals surface area contributed by atoms with Gasteiger partial charge in [0.25, 0.3) is 0 Å². The van der Waals surface area contributed by atoms with Crippen molar-refractivity contribution in [2.24, 2.45) is 0 Å². The number of hydrogen-bond acceptors (Lipinski definition) is 4. The van der Waals surface area contributed by atoms with E-state index in [-0.39, 0.29) is 12.4 Å². The van der Waals surface area contributed by atoms with Crippen molar-refractivity contribution in [2.75, 3.05) is 20.8 Å². The molecule has 0 spiro atoms. The number of hydrogen-bond donors (Lipinski definition) is 0. The van der Waals surface area contributed by atoms with Crippen LogP contribution < -0.4 is 14.2 Å². The highest BCUT2D eigenvalue weighted by Gasteiger charge is 2.08. The lowest BCUT2D eigenvalue weighted by atomic mass is 10.1. The van der Waals surface area contributed by atoms with E-state index < -0.39 is 0 Å². The number of rotatable bonds is 6. The summed E-state index contributed by atoms with van der Waals surface area (Å²) in [7, 11) is 3.12. The Morgan fingerprint density at radius 1 is 0.952 bits per heavy atom. The molecule has 0 aliphatic rings. The number of Topliss-reactive ketones (excluding diaryl/α,β-unsaturated/α-hetero) is 1. The molecule has 0 atom stereocenters. The first-order valence-electron chi connectivity index (χ1n) is 6.27. The number of methoxy groups -OCH3 is 2. The molecule has 110 valence electrons. The van der Waals surface area contributed by atoms with Crippen molar-refractivity contribution < 1.29 is 19.0 Å². The normalized spacial score (nSPS) is 10.0. The van der Waals surface area contributed by atoms with Crippen molar-refractivity contribution in [1.82, 2.24) is 0 Å². The summed E-state index contributed by atoms with van der Waals surface area (Å²) in [5.41, 5.74) is 0.605. The zero-order valence-corrected chi connectivity index (χ0v) is 13.3. The Bertz CT molecular complexity index is 600. The third-order valence-corrected chi connectivity index (χ3v) is 3.39. The summed E-state index contributed by atoms with van der Waals surface area (Å²) in [6, 6.07) is 12.3. The summed E-state index contributed by atoms with van der Waals surface area (Å²) in [4.78, 5) is 12.0. The van der Waals surface area contributed by atoms with E-state index in [1.807, 2.05) is 12.1 Å². The fourth-order valence-corrected chi connectivity index (χ4v) is 2.00. The first kappa shape index (κ1) is 15.4. The van der Waals surface area contributed by atoms with Crippen LogP contribution in [0.15, 0.2) is 46.9 Å². The minimum Gasteiger partial charge on any atom is -0.496 e. The molecular formula is C16H15BrO4. The van der Waals surface area contributed by atoms with Crippen molar-refractivity contribution in [1.29, 1.82) is 0 Å². The van der Waals surface area contributed by atoms with Gasteiger partial charge in [0, 0.05) is 28.2 Å². The lowest BCUT2D eigenvalue weighted by molar-refractivity contribution is 0.0921. The van der Waals surface area contributed by atoms with Crippen molar-refractivity contribution >= 4 is 21.7 Å². The highest BCUT2D eigenvalue weighted by molar-refractivity contribution is 9.10. The summed E-state index contributed by atoms with van der Waals surface area (Å²) in [6.45, 7) is -0.0437. The monoisotopic (exact) mass is 350 g/mol. The third-order valence-electron chi connectivity index (χ3n) is 2.86. The van der Waals surface area contributed by atoms with E-state index in [2.05, 4.69) is 15.9 Å². The van der Waals surface area contributed by atoms with Crippen LogP contribution in [0.25, 0.3) is 0 Å². The second-order valence-corrected chi connectivity index (χ2v) is 5.18. The maximum Gasteiger partial charge on any atom is 0.200 e. The molecule has 0 bridgehead atoms. The SMILES string of the molecule is COc1cc(OC)cc(OCC(=O)c2ccc(Br)cc2)c1. The molecule has 0 unspecified atom stereocenters. The molecule has 2 aromatic carbocycles. The number of halogens is 1. The Morgan fingerprint density at radius 3 is 2.00 bits per heavy atom. The van der Waals surface area contributed by atoms with E-state index in [4.69, 9.17) is 14.2 Å². The summed E-state index contributed by atoms with van der Waals surface area (Å²) >= 11 is 3.33. The van der Waals surface area contributed by atoms with Crippen molar-refractivity contribution in [3.8, 4) is 17.2 Å². The van der Waals surface area contributed by atoms with Crippen molar-refractivity contribution in [2.45, 2.75) is 0 Å². The smallest absolute Gasteiger partial charge is 0.200 e. The Hall–Kier alpha value is -2.01. The van der Waals surface area contributed by atoms with E-state index in [0.717, 1.165) is 4.47 Å². The first-order valence-corrected chi connectivity index (χ1v) is 7.06. The molecule has 0 heterocycles. The summed E-state index contributed by atoms with van der Waals surface area (Å²) in [5.74, 6) is 1.65. The van der Waals surface area contributed by atoms with Crippen LogP contribution in [0.3, 0.4) is 0 Å². The van der Waals surface area contributed by atoms with Gasteiger partial charge in [0.1, 0.15) is 17.2 Å².